The van der Waals surface area contributed by atoms with Gasteiger partial charge in [-0.2, -0.15) is 0 Å². The molecule has 1 saturated carbocycles. The van der Waals surface area contributed by atoms with Crippen molar-refractivity contribution >= 4 is 17.6 Å². The summed E-state index contributed by atoms with van der Waals surface area (Å²) in [5.41, 5.74) is 2.52. The first-order valence-electron chi connectivity index (χ1n) is 9.62. The molecule has 2 aromatic rings. The minimum atomic E-state index is -0.535. The summed E-state index contributed by atoms with van der Waals surface area (Å²) in [6.07, 6.45) is 3.93. The average Bonchev–Trinajstić information content (AvgIpc) is 3.32. The van der Waals surface area contributed by atoms with E-state index in [-0.39, 0.29) is 12.5 Å². The molecule has 7 nitrogen and oxygen atoms in total. The molecule has 2 heterocycles. The predicted octanol–water partition coefficient (Wildman–Crippen LogP) is 4.10. The van der Waals surface area contributed by atoms with E-state index in [1.165, 1.54) is 0 Å². The number of hydrogen-bond donors (Lipinski definition) is 2. The van der Waals surface area contributed by atoms with Gasteiger partial charge < -0.3 is 24.5 Å². The van der Waals surface area contributed by atoms with Gasteiger partial charge in [0.15, 0.2) is 11.5 Å². The number of aryl methyl sites for hydroxylation is 1. The van der Waals surface area contributed by atoms with Crippen LogP contribution >= 0.6 is 0 Å². The summed E-state index contributed by atoms with van der Waals surface area (Å²) in [6.45, 7) is 5.51. The van der Waals surface area contributed by atoms with Crippen molar-refractivity contribution in [3.8, 4) is 11.5 Å². The molecule has 4 rings (SSSR count). The Morgan fingerprint density at radius 1 is 1.18 bits per heavy atom. The van der Waals surface area contributed by atoms with Crippen LogP contribution in [0.15, 0.2) is 18.2 Å². The summed E-state index contributed by atoms with van der Waals surface area (Å²) in [7, 11) is 0. The zero-order valence-electron chi connectivity index (χ0n) is 16.3. The van der Waals surface area contributed by atoms with Crippen LogP contribution in [0.4, 0.5) is 5.69 Å². The highest BCUT2D eigenvalue weighted by atomic mass is 16.7. The summed E-state index contributed by atoms with van der Waals surface area (Å²) in [6, 6.07) is 5.37. The first kappa shape index (κ1) is 18.4. The molecule has 2 N–H and O–H groups in total. The van der Waals surface area contributed by atoms with Gasteiger partial charge in [0.2, 0.25) is 0 Å². The Balaban J connectivity index is 1.53. The van der Waals surface area contributed by atoms with E-state index < -0.39 is 11.8 Å². The molecular weight excluding hydrogens is 360 g/mol. The molecule has 0 unspecified atom stereocenters. The second kappa shape index (κ2) is 6.89. The van der Waals surface area contributed by atoms with Crippen LogP contribution < -0.4 is 14.8 Å². The topological polar surface area (TPSA) is 89.7 Å². The lowest BCUT2D eigenvalue weighted by Crippen LogP contribution is -2.34. The lowest BCUT2D eigenvalue weighted by atomic mass is 10.1. The van der Waals surface area contributed by atoms with Crippen LogP contribution in [0.25, 0.3) is 0 Å². The summed E-state index contributed by atoms with van der Waals surface area (Å²) >= 11 is 0. The minimum Gasteiger partial charge on any atom is -0.462 e. The van der Waals surface area contributed by atoms with Crippen molar-refractivity contribution in [2.45, 2.75) is 52.2 Å². The second-order valence-electron chi connectivity index (χ2n) is 7.28. The molecule has 7 heteroatoms. The van der Waals surface area contributed by atoms with E-state index in [1.54, 1.807) is 32.9 Å². The van der Waals surface area contributed by atoms with Crippen LogP contribution in [0, 0.1) is 13.8 Å². The van der Waals surface area contributed by atoms with Gasteiger partial charge >= 0.3 is 5.97 Å². The van der Waals surface area contributed by atoms with E-state index in [0.29, 0.717) is 39.7 Å². The highest BCUT2D eigenvalue weighted by Crippen LogP contribution is 2.47. The van der Waals surface area contributed by atoms with Gasteiger partial charge in [-0.1, -0.05) is 0 Å². The monoisotopic (exact) mass is 384 g/mol. The molecule has 1 spiro atoms. The van der Waals surface area contributed by atoms with Crippen LogP contribution in [0.5, 0.6) is 11.5 Å². The molecule has 1 aromatic carbocycles. The number of benzene rings is 1. The highest BCUT2D eigenvalue weighted by Gasteiger charge is 2.44. The van der Waals surface area contributed by atoms with Gasteiger partial charge in [-0.3, -0.25) is 4.79 Å². The van der Waals surface area contributed by atoms with Gasteiger partial charge in [0.25, 0.3) is 11.7 Å². The Kier molecular flexibility index (Phi) is 4.53. The lowest BCUT2D eigenvalue weighted by molar-refractivity contribution is -0.0716. The van der Waals surface area contributed by atoms with E-state index in [2.05, 4.69) is 10.3 Å². The number of aromatic amines is 1. The number of carbonyl (C=O) groups excluding carboxylic acids is 2. The molecule has 0 atom stereocenters. The van der Waals surface area contributed by atoms with Crippen molar-refractivity contribution in [1.29, 1.82) is 0 Å². The number of fused-ring (bicyclic) bond motifs is 1. The maximum absolute atomic E-state index is 12.8. The summed E-state index contributed by atoms with van der Waals surface area (Å²) in [5, 5.41) is 2.86. The van der Waals surface area contributed by atoms with Crippen molar-refractivity contribution in [3.63, 3.8) is 0 Å². The van der Waals surface area contributed by atoms with E-state index in [1.807, 2.05) is 6.07 Å². The largest absolute Gasteiger partial charge is 0.462 e. The van der Waals surface area contributed by atoms with Crippen molar-refractivity contribution in [3.05, 3.63) is 40.7 Å². The molecule has 0 radical (unpaired) electrons. The first-order chi connectivity index (χ1) is 13.4. The van der Waals surface area contributed by atoms with Crippen molar-refractivity contribution < 1.29 is 23.8 Å². The van der Waals surface area contributed by atoms with Gasteiger partial charge in [0.05, 0.1) is 12.2 Å². The number of rotatable bonds is 4. The van der Waals surface area contributed by atoms with Crippen LogP contribution in [-0.4, -0.2) is 29.3 Å². The molecule has 1 aliphatic heterocycles. The summed E-state index contributed by atoms with van der Waals surface area (Å²) in [4.78, 5) is 27.9. The second-order valence-corrected chi connectivity index (χ2v) is 7.28. The van der Waals surface area contributed by atoms with E-state index in [9.17, 15) is 9.59 Å². The third-order valence-electron chi connectivity index (χ3n) is 5.30. The average molecular weight is 384 g/mol. The van der Waals surface area contributed by atoms with Crippen molar-refractivity contribution in [2.75, 3.05) is 11.9 Å². The zero-order valence-corrected chi connectivity index (χ0v) is 16.3. The Morgan fingerprint density at radius 3 is 2.61 bits per heavy atom. The number of esters is 1. The molecule has 1 amide bonds. The fourth-order valence-corrected chi connectivity index (χ4v) is 3.97. The number of amides is 1. The van der Waals surface area contributed by atoms with E-state index in [0.717, 1.165) is 25.7 Å². The number of ether oxygens (including phenoxy) is 3. The molecule has 2 aliphatic rings. The zero-order chi connectivity index (χ0) is 19.9. The lowest BCUT2D eigenvalue weighted by Gasteiger charge is -2.21. The molecular formula is C21H24N2O5. The first-order valence-corrected chi connectivity index (χ1v) is 9.62. The molecule has 28 heavy (non-hydrogen) atoms. The summed E-state index contributed by atoms with van der Waals surface area (Å²) < 4.78 is 17.1. The third-order valence-corrected chi connectivity index (χ3v) is 5.30. The normalized spacial score (nSPS) is 16.4. The van der Waals surface area contributed by atoms with E-state index in [4.69, 9.17) is 14.2 Å². The molecule has 1 aliphatic carbocycles. The third kappa shape index (κ3) is 3.10. The number of hydrogen-bond acceptors (Lipinski definition) is 5. The van der Waals surface area contributed by atoms with Crippen LogP contribution in [0.2, 0.25) is 0 Å². The standard InChI is InChI=1S/C21H24N2O5/c1-4-26-20(25)17-12(2)18(22-13(17)3)19(24)23-14-7-8-15-16(11-14)28-21(27-15)9-5-6-10-21/h7-8,11,22H,4-6,9-10H2,1-3H3,(H,23,24). The number of nitrogens with one attached hydrogen (secondary N) is 2. The van der Waals surface area contributed by atoms with Gasteiger partial charge in [-0.05, 0) is 51.3 Å². The Morgan fingerprint density at radius 2 is 1.89 bits per heavy atom. The van der Waals surface area contributed by atoms with Crippen molar-refractivity contribution in [2.24, 2.45) is 0 Å². The van der Waals surface area contributed by atoms with Crippen LogP contribution in [0.1, 0.15) is 64.7 Å². The Hall–Kier alpha value is -2.96. The molecule has 1 fully saturated rings. The fraction of sp³-hybridized carbons (Fsp3) is 0.429. The molecule has 0 saturated heterocycles. The van der Waals surface area contributed by atoms with Gasteiger partial charge in [-0.15, -0.1) is 0 Å². The van der Waals surface area contributed by atoms with Crippen molar-refractivity contribution in [1.82, 2.24) is 4.98 Å². The fourth-order valence-electron chi connectivity index (χ4n) is 3.97. The maximum atomic E-state index is 12.8. The van der Waals surface area contributed by atoms with Gasteiger partial charge in [0.1, 0.15) is 5.69 Å². The number of anilines is 1. The number of carbonyl (C=O) groups is 2. The van der Waals surface area contributed by atoms with Crippen LogP contribution in [0.3, 0.4) is 0 Å². The predicted molar refractivity (Wildman–Crippen MR) is 103 cm³/mol. The quantitative estimate of drug-likeness (QED) is 0.775. The SMILES string of the molecule is CCOC(=O)c1c(C)[nH]c(C(=O)Nc2ccc3c(c2)OC2(CCCC2)O3)c1C. The van der Waals surface area contributed by atoms with Crippen LogP contribution in [-0.2, 0) is 4.74 Å². The highest BCUT2D eigenvalue weighted by molar-refractivity contribution is 6.07. The summed E-state index contributed by atoms with van der Waals surface area (Å²) in [5.74, 6) is 0.0539. The van der Waals surface area contributed by atoms with Gasteiger partial charge in [-0.25, -0.2) is 4.79 Å². The van der Waals surface area contributed by atoms with E-state index >= 15 is 0 Å². The molecule has 0 bridgehead atoms. The minimum absolute atomic E-state index is 0.281. The Bertz CT molecular complexity index is 941. The smallest absolute Gasteiger partial charge is 0.340 e. The maximum Gasteiger partial charge on any atom is 0.340 e. The molecule has 148 valence electrons. The number of aromatic nitrogens is 1. The van der Waals surface area contributed by atoms with Gasteiger partial charge in [0, 0.05) is 30.3 Å². The number of H-pyrrole nitrogens is 1. The molecule has 1 aromatic heterocycles. The Labute approximate surface area is 163 Å².